The number of hydrogen-bond donors (Lipinski definition) is 2. The van der Waals surface area contributed by atoms with E-state index < -0.39 is 18.5 Å². The maximum Gasteiger partial charge on any atom is 0.186 e. The maximum absolute atomic E-state index is 10.3. The van der Waals surface area contributed by atoms with E-state index in [1.165, 1.54) is 0 Å². The highest BCUT2D eigenvalue weighted by molar-refractivity contribution is 7.99. The average molecular weight is 290 g/mol. The molecule has 0 radical (unpaired) electrons. The summed E-state index contributed by atoms with van der Waals surface area (Å²) in [7, 11) is 0. The predicted molar refractivity (Wildman–Crippen MR) is 76.2 cm³/mol. The van der Waals surface area contributed by atoms with E-state index in [9.17, 15) is 10.2 Å². The van der Waals surface area contributed by atoms with Crippen molar-refractivity contribution in [1.82, 2.24) is 0 Å². The molecule has 0 saturated carbocycles. The van der Waals surface area contributed by atoms with Gasteiger partial charge in [-0.05, 0) is 25.0 Å². The Morgan fingerprint density at radius 1 is 1.16 bits per heavy atom. The molecule has 3 fully saturated rings. The molecule has 0 spiro atoms. The third-order valence-electron chi connectivity index (χ3n) is 3.95. The molecule has 3 saturated heterocycles. The fraction of sp³-hybridized carbons (Fsp3) is 1.00. The van der Waals surface area contributed by atoms with Crippen LogP contribution in [0.3, 0.4) is 0 Å². The lowest BCUT2D eigenvalue weighted by molar-refractivity contribution is -0.284. The average Bonchev–Trinajstić information content (AvgIpc) is 2.42. The fourth-order valence-corrected chi connectivity index (χ4v) is 3.86. The van der Waals surface area contributed by atoms with Crippen LogP contribution >= 0.6 is 11.8 Å². The number of aliphatic hydroxyl groups excluding tert-OH is 2. The third-order valence-corrected chi connectivity index (χ3v) is 5.21. The maximum atomic E-state index is 10.3. The zero-order valence-corrected chi connectivity index (χ0v) is 12.5. The molecule has 19 heavy (non-hydrogen) atoms. The van der Waals surface area contributed by atoms with Crippen molar-refractivity contribution in [2.45, 2.75) is 63.6 Å². The van der Waals surface area contributed by atoms with Crippen molar-refractivity contribution in [2.24, 2.45) is 5.92 Å². The van der Waals surface area contributed by atoms with Gasteiger partial charge in [-0.2, -0.15) is 11.8 Å². The zero-order valence-electron chi connectivity index (χ0n) is 11.7. The fourth-order valence-electron chi connectivity index (χ4n) is 2.85. The standard InChI is InChI=1S/C14H26O4S/c1-2-8-19-9-11-10-6-4-3-5-7-17-14(18-11)13(16)12(10)15/h10-16H,2-9H2,1H3/t10?,11?,12-,13?,14-/m0/s1. The molecule has 3 heterocycles. The Balaban J connectivity index is 2.01. The molecular formula is C14H26O4S. The van der Waals surface area contributed by atoms with Gasteiger partial charge in [0.05, 0.1) is 12.2 Å². The van der Waals surface area contributed by atoms with E-state index in [4.69, 9.17) is 9.47 Å². The molecule has 0 aliphatic carbocycles. The number of aliphatic hydroxyl groups is 2. The van der Waals surface area contributed by atoms with Crippen LogP contribution in [0.2, 0.25) is 0 Å². The van der Waals surface area contributed by atoms with E-state index >= 15 is 0 Å². The Kier molecular flexibility index (Phi) is 6.42. The van der Waals surface area contributed by atoms with Gasteiger partial charge in [0.1, 0.15) is 6.10 Å². The molecule has 3 aliphatic heterocycles. The first kappa shape index (κ1) is 15.6. The molecule has 0 aromatic carbocycles. The van der Waals surface area contributed by atoms with E-state index in [0.717, 1.165) is 43.6 Å². The lowest BCUT2D eigenvalue weighted by atomic mass is 9.85. The number of rotatable bonds is 4. The van der Waals surface area contributed by atoms with E-state index in [1.54, 1.807) is 0 Å². The minimum Gasteiger partial charge on any atom is -0.390 e. The van der Waals surface area contributed by atoms with Crippen molar-refractivity contribution >= 4 is 11.8 Å². The summed E-state index contributed by atoms with van der Waals surface area (Å²) in [4.78, 5) is 0. The van der Waals surface area contributed by atoms with Crippen molar-refractivity contribution in [2.75, 3.05) is 18.1 Å². The summed E-state index contributed by atoms with van der Waals surface area (Å²) in [6, 6.07) is 0. The van der Waals surface area contributed by atoms with Crippen LogP contribution in [0.1, 0.15) is 39.0 Å². The van der Waals surface area contributed by atoms with E-state index in [-0.39, 0.29) is 12.0 Å². The Hall–Kier alpha value is 0.190. The molecule has 2 bridgehead atoms. The first-order valence-electron chi connectivity index (χ1n) is 7.45. The van der Waals surface area contributed by atoms with Crippen LogP contribution in [-0.2, 0) is 9.47 Å². The molecule has 3 rings (SSSR count). The Labute approximate surface area is 119 Å². The van der Waals surface area contributed by atoms with Crippen LogP contribution < -0.4 is 0 Å². The number of thioether (sulfide) groups is 1. The van der Waals surface area contributed by atoms with E-state index in [1.807, 2.05) is 11.8 Å². The molecule has 3 unspecified atom stereocenters. The van der Waals surface area contributed by atoms with E-state index in [0.29, 0.717) is 6.61 Å². The summed E-state index contributed by atoms with van der Waals surface area (Å²) >= 11 is 1.86. The van der Waals surface area contributed by atoms with E-state index in [2.05, 4.69) is 6.92 Å². The van der Waals surface area contributed by atoms with Gasteiger partial charge in [-0.1, -0.05) is 19.8 Å². The van der Waals surface area contributed by atoms with Gasteiger partial charge in [0, 0.05) is 18.3 Å². The lowest BCUT2D eigenvalue weighted by Gasteiger charge is -2.43. The van der Waals surface area contributed by atoms with Gasteiger partial charge in [-0.15, -0.1) is 0 Å². The van der Waals surface area contributed by atoms with Crippen molar-refractivity contribution in [3.63, 3.8) is 0 Å². The molecule has 5 atom stereocenters. The molecule has 5 heteroatoms. The topological polar surface area (TPSA) is 58.9 Å². The van der Waals surface area contributed by atoms with Crippen LogP contribution in [-0.4, -0.2) is 52.9 Å². The third kappa shape index (κ3) is 4.08. The predicted octanol–water partition coefficient (Wildman–Crippen LogP) is 1.78. The smallest absolute Gasteiger partial charge is 0.186 e. The highest BCUT2D eigenvalue weighted by Gasteiger charge is 2.44. The SMILES string of the molecule is CCCSCC1O[C@@H]2OCCCCCC1[C@H](O)C2O. The molecule has 0 aromatic rings. The highest BCUT2D eigenvalue weighted by atomic mass is 32.2. The Morgan fingerprint density at radius 2 is 2.00 bits per heavy atom. The van der Waals surface area contributed by atoms with Gasteiger partial charge in [0.2, 0.25) is 0 Å². The van der Waals surface area contributed by atoms with Crippen molar-refractivity contribution in [1.29, 1.82) is 0 Å². The largest absolute Gasteiger partial charge is 0.390 e. The van der Waals surface area contributed by atoms with Gasteiger partial charge in [0.15, 0.2) is 6.29 Å². The molecule has 4 nitrogen and oxygen atoms in total. The monoisotopic (exact) mass is 290 g/mol. The first-order chi connectivity index (χ1) is 9.24. The normalized spacial score (nSPS) is 40.3. The molecule has 0 aromatic heterocycles. The quantitative estimate of drug-likeness (QED) is 0.773. The van der Waals surface area contributed by atoms with Gasteiger partial charge < -0.3 is 19.7 Å². The minimum atomic E-state index is -0.907. The first-order valence-corrected chi connectivity index (χ1v) is 8.60. The molecular weight excluding hydrogens is 264 g/mol. The van der Waals surface area contributed by atoms with Crippen LogP contribution in [0, 0.1) is 5.92 Å². The van der Waals surface area contributed by atoms with Crippen molar-refractivity contribution < 1.29 is 19.7 Å². The van der Waals surface area contributed by atoms with Crippen LogP contribution in [0.5, 0.6) is 0 Å². The van der Waals surface area contributed by atoms with Crippen LogP contribution in [0.4, 0.5) is 0 Å². The summed E-state index contributed by atoms with van der Waals surface area (Å²) in [5.41, 5.74) is 0. The molecule has 112 valence electrons. The van der Waals surface area contributed by atoms with Crippen LogP contribution in [0.15, 0.2) is 0 Å². The highest BCUT2D eigenvalue weighted by Crippen LogP contribution is 2.33. The van der Waals surface area contributed by atoms with Gasteiger partial charge in [-0.3, -0.25) is 0 Å². The minimum absolute atomic E-state index is 0.00181. The van der Waals surface area contributed by atoms with Crippen molar-refractivity contribution in [3.05, 3.63) is 0 Å². The summed E-state index contributed by atoms with van der Waals surface area (Å²) in [5.74, 6) is 2.02. The lowest BCUT2D eigenvalue weighted by Crippen LogP contribution is -2.56. The van der Waals surface area contributed by atoms with Gasteiger partial charge in [0.25, 0.3) is 0 Å². The van der Waals surface area contributed by atoms with Crippen LogP contribution in [0.25, 0.3) is 0 Å². The number of hydrogen-bond acceptors (Lipinski definition) is 5. The second kappa shape index (κ2) is 7.84. The zero-order chi connectivity index (χ0) is 13.7. The summed E-state index contributed by atoms with van der Waals surface area (Å²) in [5, 5.41) is 20.4. The molecule has 2 N–H and O–H groups in total. The van der Waals surface area contributed by atoms with Gasteiger partial charge >= 0.3 is 0 Å². The second-order valence-corrected chi connectivity index (χ2v) is 6.63. The number of ether oxygens (including phenoxy) is 2. The number of fused-ring (bicyclic) bond motifs is 7. The molecule has 0 amide bonds. The summed E-state index contributed by atoms with van der Waals surface area (Å²) < 4.78 is 11.5. The Bertz CT molecular complexity index is 262. The molecule has 3 aliphatic rings. The van der Waals surface area contributed by atoms with Gasteiger partial charge in [-0.25, -0.2) is 0 Å². The Morgan fingerprint density at radius 3 is 2.79 bits per heavy atom. The van der Waals surface area contributed by atoms with Crippen molar-refractivity contribution in [3.8, 4) is 0 Å². The summed E-state index contributed by atoms with van der Waals surface area (Å²) in [6.45, 7) is 2.77. The second-order valence-electron chi connectivity index (χ2n) is 5.48. The summed E-state index contributed by atoms with van der Waals surface area (Å²) in [6.07, 6.45) is 3.00.